The zero-order chi connectivity index (χ0) is 14.8. The van der Waals surface area contributed by atoms with E-state index in [0.29, 0.717) is 11.3 Å². The number of amides is 1. The van der Waals surface area contributed by atoms with Crippen LogP contribution in [0.5, 0.6) is 0 Å². The third-order valence-electron chi connectivity index (χ3n) is 2.98. The maximum Gasteiger partial charge on any atom is 0.238 e. The molecule has 0 radical (unpaired) electrons. The third kappa shape index (κ3) is 4.50. The van der Waals surface area contributed by atoms with Crippen molar-refractivity contribution in [2.45, 2.75) is 37.6 Å². The van der Waals surface area contributed by atoms with Crippen LogP contribution in [0.4, 0.5) is 5.69 Å². The number of hydrogen-bond acceptors (Lipinski definition) is 4. The largest absolute Gasteiger partial charge is 0.399 e. The maximum atomic E-state index is 12.0. The van der Waals surface area contributed by atoms with E-state index in [1.165, 1.54) is 6.92 Å². The van der Waals surface area contributed by atoms with Crippen LogP contribution in [-0.2, 0) is 20.6 Å². The highest BCUT2D eigenvalue weighted by Crippen LogP contribution is 2.18. The van der Waals surface area contributed by atoms with E-state index in [0.717, 1.165) is 12.8 Å². The number of benzene rings is 1. The molecule has 1 aliphatic carbocycles. The Hall–Kier alpha value is -1.60. The van der Waals surface area contributed by atoms with Gasteiger partial charge in [0, 0.05) is 11.7 Å². The zero-order valence-electron chi connectivity index (χ0n) is 11.3. The van der Waals surface area contributed by atoms with Gasteiger partial charge in [-0.1, -0.05) is 12.1 Å². The van der Waals surface area contributed by atoms with Crippen molar-refractivity contribution in [3.8, 4) is 0 Å². The number of hydrogen-bond donors (Lipinski definition) is 3. The van der Waals surface area contributed by atoms with Gasteiger partial charge in [-0.15, -0.1) is 0 Å². The van der Waals surface area contributed by atoms with E-state index >= 15 is 0 Å². The molecule has 110 valence electrons. The molecule has 2 rings (SSSR count). The minimum atomic E-state index is -3.58. The molecular formula is C13H19N3O3S. The first-order valence-corrected chi connectivity index (χ1v) is 8.16. The van der Waals surface area contributed by atoms with Crippen LogP contribution >= 0.6 is 0 Å². The van der Waals surface area contributed by atoms with Gasteiger partial charge in [-0.25, -0.2) is 13.1 Å². The van der Waals surface area contributed by atoms with E-state index < -0.39 is 16.1 Å². The molecule has 0 aliphatic heterocycles. The minimum absolute atomic E-state index is 0.195. The van der Waals surface area contributed by atoms with Gasteiger partial charge in [0.1, 0.15) is 0 Å². The highest BCUT2D eigenvalue weighted by molar-refractivity contribution is 7.88. The Morgan fingerprint density at radius 1 is 1.45 bits per heavy atom. The first-order valence-electron chi connectivity index (χ1n) is 6.50. The minimum Gasteiger partial charge on any atom is -0.399 e. The Balaban J connectivity index is 1.94. The van der Waals surface area contributed by atoms with Crippen molar-refractivity contribution in [1.29, 1.82) is 0 Å². The molecule has 0 saturated heterocycles. The number of carbonyl (C=O) groups is 1. The molecule has 20 heavy (non-hydrogen) atoms. The van der Waals surface area contributed by atoms with Crippen LogP contribution in [0, 0.1) is 0 Å². The molecule has 1 atom stereocenters. The molecule has 0 heterocycles. The average Bonchev–Trinajstić information content (AvgIpc) is 3.11. The lowest BCUT2D eigenvalue weighted by molar-refractivity contribution is -0.122. The van der Waals surface area contributed by atoms with Gasteiger partial charge >= 0.3 is 0 Å². The molecular weight excluding hydrogens is 278 g/mol. The van der Waals surface area contributed by atoms with Crippen molar-refractivity contribution in [1.82, 2.24) is 10.0 Å². The second-order valence-corrected chi connectivity index (χ2v) is 6.88. The summed E-state index contributed by atoms with van der Waals surface area (Å²) in [6, 6.07) is 6.11. The smallest absolute Gasteiger partial charge is 0.238 e. The van der Waals surface area contributed by atoms with E-state index in [2.05, 4.69) is 10.0 Å². The predicted molar refractivity (Wildman–Crippen MR) is 77.2 cm³/mol. The zero-order valence-corrected chi connectivity index (χ0v) is 12.1. The van der Waals surface area contributed by atoms with E-state index in [1.807, 2.05) is 0 Å². The monoisotopic (exact) mass is 297 g/mol. The number of nitrogen functional groups attached to an aromatic ring is 1. The summed E-state index contributed by atoms with van der Waals surface area (Å²) in [5.41, 5.74) is 6.71. The van der Waals surface area contributed by atoms with E-state index in [9.17, 15) is 13.2 Å². The molecule has 6 nitrogen and oxygen atoms in total. The topological polar surface area (TPSA) is 101 Å². The lowest BCUT2D eigenvalue weighted by Crippen LogP contribution is -2.45. The summed E-state index contributed by atoms with van der Waals surface area (Å²) in [6.45, 7) is 1.54. The molecule has 1 saturated carbocycles. The molecule has 7 heteroatoms. The fourth-order valence-corrected chi connectivity index (χ4v) is 3.17. The molecule has 0 bridgehead atoms. The first kappa shape index (κ1) is 14.8. The van der Waals surface area contributed by atoms with Gasteiger partial charge in [0.05, 0.1) is 11.8 Å². The van der Waals surface area contributed by atoms with Crippen molar-refractivity contribution >= 4 is 21.6 Å². The number of carbonyl (C=O) groups excluding carboxylic acids is 1. The first-order chi connectivity index (χ1) is 9.35. The summed E-state index contributed by atoms with van der Waals surface area (Å²) in [7, 11) is -3.58. The summed E-state index contributed by atoms with van der Waals surface area (Å²) >= 11 is 0. The third-order valence-corrected chi connectivity index (χ3v) is 4.41. The number of sulfonamides is 1. The van der Waals surface area contributed by atoms with Crippen LogP contribution in [0.15, 0.2) is 24.3 Å². The van der Waals surface area contributed by atoms with Crippen LogP contribution in [0.2, 0.25) is 0 Å². The van der Waals surface area contributed by atoms with Crippen molar-refractivity contribution < 1.29 is 13.2 Å². The highest BCUT2D eigenvalue weighted by Gasteiger charge is 2.27. The maximum absolute atomic E-state index is 12.0. The van der Waals surface area contributed by atoms with Gasteiger partial charge < -0.3 is 11.1 Å². The van der Waals surface area contributed by atoms with Crippen molar-refractivity contribution in [2.24, 2.45) is 0 Å². The Labute approximate surface area is 118 Å². The van der Waals surface area contributed by atoms with Crippen LogP contribution in [0.1, 0.15) is 25.3 Å². The Bertz CT molecular complexity index is 597. The second-order valence-electron chi connectivity index (χ2n) is 5.13. The van der Waals surface area contributed by atoms with Gasteiger partial charge in [0.15, 0.2) is 0 Å². The Morgan fingerprint density at radius 2 is 2.15 bits per heavy atom. The highest BCUT2D eigenvalue weighted by atomic mass is 32.2. The fourth-order valence-electron chi connectivity index (χ4n) is 1.82. The Morgan fingerprint density at radius 3 is 2.75 bits per heavy atom. The second kappa shape index (κ2) is 5.80. The van der Waals surface area contributed by atoms with Gasteiger partial charge in [0.25, 0.3) is 0 Å². The molecule has 1 amide bonds. The standard InChI is InChI=1S/C13H19N3O3S/c1-9(13(17)15-12-5-6-12)16-20(18,19)8-10-3-2-4-11(14)7-10/h2-4,7,9,12,16H,5-6,8,14H2,1H3,(H,15,17). The molecule has 1 fully saturated rings. The van der Waals surface area contributed by atoms with Crippen LogP contribution in [-0.4, -0.2) is 26.4 Å². The van der Waals surface area contributed by atoms with E-state index in [4.69, 9.17) is 5.73 Å². The summed E-state index contributed by atoms with van der Waals surface area (Å²) in [6.07, 6.45) is 1.93. The summed E-state index contributed by atoms with van der Waals surface area (Å²) in [5.74, 6) is -0.484. The Kier molecular flexibility index (Phi) is 4.29. The van der Waals surface area contributed by atoms with Crippen LogP contribution in [0.25, 0.3) is 0 Å². The molecule has 1 aliphatic rings. The average molecular weight is 297 g/mol. The molecule has 1 unspecified atom stereocenters. The SMILES string of the molecule is CC(NS(=O)(=O)Cc1cccc(N)c1)C(=O)NC1CC1. The van der Waals surface area contributed by atoms with E-state index in [-0.39, 0.29) is 17.7 Å². The fraction of sp³-hybridized carbons (Fsp3) is 0.462. The molecule has 1 aromatic carbocycles. The number of nitrogens with two attached hydrogens (primary N) is 1. The van der Waals surface area contributed by atoms with E-state index in [1.54, 1.807) is 24.3 Å². The quantitative estimate of drug-likeness (QED) is 0.660. The molecule has 0 aromatic heterocycles. The predicted octanol–water partition coefficient (Wildman–Crippen LogP) is 0.355. The lowest BCUT2D eigenvalue weighted by atomic mass is 10.2. The van der Waals surface area contributed by atoms with Gasteiger partial charge in [-0.05, 0) is 37.5 Å². The van der Waals surface area contributed by atoms with Crippen LogP contribution in [0.3, 0.4) is 0 Å². The van der Waals surface area contributed by atoms with Crippen molar-refractivity contribution in [2.75, 3.05) is 5.73 Å². The van der Waals surface area contributed by atoms with Gasteiger partial charge in [0.2, 0.25) is 15.9 Å². The molecule has 1 aromatic rings. The lowest BCUT2D eigenvalue weighted by Gasteiger charge is -2.14. The van der Waals surface area contributed by atoms with Crippen LogP contribution < -0.4 is 15.8 Å². The molecule has 0 spiro atoms. The number of anilines is 1. The summed E-state index contributed by atoms with van der Waals surface area (Å²) in [5, 5.41) is 2.76. The normalized spacial score (nSPS) is 16.6. The number of nitrogens with one attached hydrogen (secondary N) is 2. The number of rotatable bonds is 6. The van der Waals surface area contributed by atoms with Gasteiger partial charge in [-0.3, -0.25) is 4.79 Å². The summed E-state index contributed by atoms with van der Waals surface area (Å²) < 4.78 is 26.4. The molecule has 4 N–H and O–H groups in total. The van der Waals surface area contributed by atoms with Crippen molar-refractivity contribution in [3.63, 3.8) is 0 Å². The van der Waals surface area contributed by atoms with Gasteiger partial charge in [-0.2, -0.15) is 0 Å². The van der Waals surface area contributed by atoms with Crippen molar-refractivity contribution in [3.05, 3.63) is 29.8 Å². The summed E-state index contributed by atoms with van der Waals surface area (Å²) in [4.78, 5) is 11.7.